The highest BCUT2D eigenvalue weighted by Crippen LogP contribution is 2.29. The third-order valence-electron chi connectivity index (χ3n) is 4.63. The fraction of sp³-hybridized carbons (Fsp3) is 0.846. The highest BCUT2D eigenvalue weighted by Gasteiger charge is 2.42. The molecule has 2 N–H and O–H groups in total. The molecular formula is C13H22N4O2. The van der Waals surface area contributed by atoms with Crippen LogP contribution in [0.3, 0.4) is 0 Å². The molecule has 3 heterocycles. The summed E-state index contributed by atoms with van der Waals surface area (Å²) in [6, 6.07) is 0.174. The topological polar surface area (TPSA) is 64.7 Å². The van der Waals surface area contributed by atoms with Crippen molar-refractivity contribution in [1.82, 2.24) is 20.4 Å². The van der Waals surface area contributed by atoms with Gasteiger partial charge in [0.05, 0.1) is 11.5 Å². The lowest BCUT2D eigenvalue weighted by atomic mass is 9.81. The molecule has 0 aromatic heterocycles. The zero-order valence-electron chi connectivity index (χ0n) is 11.4. The van der Waals surface area contributed by atoms with Crippen molar-refractivity contribution in [3.05, 3.63) is 0 Å². The van der Waals surface area contributed by atoms with Crippen molar-refractivity contribution in [2.24, 2.45) is 5.41 Å². The fourth-order valence-electron chi connectivity index (χ4n) is 3.41. The van der Waals surface area contributed by atoms with Crippen molar-refractivity contribution in [2.45, 2.75) is 25.8 Å². The van der Waals surface area contributed by atoms with E-state index in [0.29, 0.717) is 26.2 Å². The second-order valence-corrected chi connectivity index (χ2v) is 6.13. The molecule has 3 aliphatic heterocycles. The van der Waals surface area contributed by atoms with E-state index in [1.807, 2.05) is 9.80 Å². The van der Waals surface area contributed by atoms with Crippen molar-refractivity contribution in [1.29, 1.82) is 0 Å². The average molecular weight is 266 g/mol. The summed E-state index contributed by atoms with van der Waals surface area (Å²) in [4.78, 5) is 28.1. The average Bonchev–Trinajstić information content (AvgIpc) is 2.80. The Hall–Kier alpha value is -1.30. The van der Waals surface area contributed by atoms with Gasteiger partial charge in [0, 0.05) is 32.7 Å². The Labute approximate surface area is 113 Å². The van der Waals surface area contributed by atoms with Crippen LogP contribution in [0.15, 0.2) is 0 Å². The molecule has 0 radical (unpaired) electrons. The standard InChI is InChI=1S/C13H22N4O2/c1-13(3-2-4-14-9-13)11(18)16-5-6-17-10(8-16)7-15-12(17)19/h10,14H,2-9H2,1H3,(H,15,19). The molecule has 0 aromatic rings. The lowest BCUT2D eigenvalue weighted by Crippen LogP contribution is -2.58. The minimum atomic E-state index is -0.267. The Morgan fingerprint density at radius 1 is 1.42 bits per heavy atom. The zero-order valence-corrected chi connectivity index (χ0v) is 11.4. The number of urea groups is 1. The number of amides is 3. The van der Waals surface area contributed by atoms with Crippen LogP contribution in [0.25, 0.3) is 0 Å². The first-order valence-electron chi connectivity index (χ1n) is 7.15. The second-order valence-electron chi connectivity index (χ2n) is 6.13. The molecule has 3 saturated heterocycles. The molecule has 106 valence electrons. The highest BCUT2D eigenvalue weighted by atomic mass is 16.2. The van der Waals surface area contributed by atoms with E-state index >= 15 is 0 Å². The molecule has 3 rings (SSSR count). The van der Waals surface area contributed by atoms with Gasteiger partial charge in [0.1, 0.15) is 0 Å². The van der Waals surface area contributed by atoms with E-state index in [0.717, 1.165) is 25.9 Å². The molecule has 0 saturated carbocycles. The van der Waals surface area contributed by atoms with E-state index in [2.05, 4.69) is 17.6 Å². The van der Waals surface area contributed by atoms with Gasteiger partial charge in [0.15, 0.2) is 0 Å². The maximum atomic E-state index is 12.7. The number of piperazine rings is 1. The van der Waals surface area contributed by atoms with Crippen LogP contribution in [0, 0.1) is 5.41 Å². The molecule has 3 aliphatic rings. The van der Waals surface area contributed by atoms with Gasteiger partial charge in [-0.3, -0.25) is 4.79 Å². The summed E-state index contributed by atoms with van der Waals surface area (Å²) in [6.07, 6.45) is 2.02. The summed E-state index contributed by atoms with van der Waals surface area (Å²) in [5.74, 6) is 0.249. The molecule has 6 heteroatoms. The second kappa shape index (κ2) is 4.67. The summed E-state index contributed by atoms with van der Waals surface area (Å²) in [5, 5.41) is 6.17. The molecule has 2 unspecified atom stereocenters. The minimum absolute atomic E-state index is 0.0163. The number of nitrogens with zero attached hydrogens (tertiary/aromatic N) is 2. The van der Waals surface area contributed by atoms with Crippen LogP contribution in [0.4, 0.5) is 4.79 Å². The molecular weight excluding hydrogens is 244 g/mol. The largest absolute Gasteiger partial charge is 0.338 e. The van der Waals surface area contributed by atoms with Gasteiger partial charge >= 0.3 is 6.03 Å². The van der Waals surface area contributed by atoms with Crippen LogP contribution >= 0.6 is 0 Å². The van der Waals surface area contributed by atoms with Gasteiger partial charge in [-0.2, -0.15) is 0 Å². The molecule has 0 aromatic carbocycles. The molecule has 3 amide bonds. The third-order valence-corrected chi connectivity index (χ3v) is 4.63. The number of rotatable bonds is 1. The first kappa shape index (κ1) is 12.7. The first-order valence-corrected chi connectivity index (χ1v) is 7.15. The summed E-state index contributed by atoms with van der Waals surface area (Å²) in [7, 11) is 0. The van der Waals surface area contributed by atoms with Gasteiger partial charge in [-0.25, -0.2) is 4.79 Å². The van der Waals surface area contributed by atoms with Gasteiger partial charge in [0.2, 0.25) is 5.91 Å². The van der Waals surface area contributed by atoms with Crippen LogP contribution in [-0.2, 0) is 4.79 Å². The number of fused-ring (bicyclic) bond motifs is 1. The van der Waals surface area contributed by atoms with Gasteiger partial charge < -0.3 is 20.4 Å². The molecule has 0 spiro atoms. The van der Waals surface area contributed by atoms with Gasteiger partial charge in [-0.1, -0.05) is 0 Å². The highest BCUT2D eigenvalue weighted by molar-refractivity contribution is 5.84. The summed E-state index contributed by atoms with van der Waals surface area (Å²) in [5.41, 5.74) is -0.267. The monoisotopic (exact) mass is 266 g/mol. The van der Waals surface area contributed by atoms with Crippen LogP contribution in [0.5, 0.6) is 0 Å². The molecule has 0 aliphatic carbocycles. The smallest absolute Gasteiger partial charge is 0.317 e. The third kappa shape index (κ3) is 2.18. The summed E-state index contributed by atoms with van der Waals surface area (Å²) in [6.45, 7) is 6.51. The van der Waals surface area contributed by atoms with Crippen LogP contribution in [-0.4, -0.2) is 67.0 Å². The van der Waals surface area contributed by atoms with E-state index < -0.39 is 0 Å². The van der Waals surface area contributed by atoms with Crippen LogP contribution < -0.4 is 10.6 Å². The SMILES string of the molecule is CC1(C(=O)N2CCN3C(=O)NCC3C2)CCCNC1. The Morgan fingerprint density at radius 3 is 3.00 bits per heavy atom. The Kier molecular flexibility index (Phi) is 3.12. The number of hydrogen-bond donors (Lipinski definition) is 2. The first-order chi connectivity index (χ1) is 9.10. The Morgan fingerprint density at radius 2 is 2.26 bits per heavy atom. The lowest BCUT2D eigenvalue weighted by Gasteiger charge is -2.42. The Balaban J connectivity index is 1.66. The van der Waals surface area contributed by atoms with E-state index in [4.69, 9.17) is 0 Å². The van der Waals surface area contributed by atoms with Crippen molar-refractivity contribution in [3.8, 4) is 0 Å². The van der Waals surface area contributed by atoms with E-state index in [1.54, 1.807) is 0 Å². The van der Waals surface area contributed by atoms with Gasteiger partial charge in [-0.05, 0) is 26.3 Å². The molecule has 3 fully saturated rings. The normalized spacial score (nSPS) is 35.0. The van der Waals surface area contributed by atoms with Crippen LogP contribution in [0.2, 0.25) is 0 Å². The minimum Gasteiger partial charge on any atom is -0.338 e. The molecule has 19 heavy (non-hydrogen) atoms. The quantitative estimate of drug-likeness (QED) is 0.679. The van der Waals surface area contributed by atoms with Crippen molar-refractivity contribution in [3.63, 3.8) is 0 Å². The number of carbonyl (C=O) groups is 2. The zero-order chi connectivity index (χ0) is 13.5. The number of piperidine rings is 1. The van der Waals surface area contributed by atoms with Gasteiger partial charge in [-0.15, -0.1) is 0 Å². The lowest BCUT2D eigenvalue weighted by molar-refractivity contribution is -0.144. The van der Waals surface area contributed by atoms with E-state index in [1.165, 1.54) is 0 Å². The van der Waals surface area contributed by atoms with Crippen molar-refractivity contribution < 1.29 is 9.59 Å². The maximum absolute atomic E-state index is 12.7. The maximum Gasteiger partial charge on any atom is 0.317 e. The van der Waals surface area contributed by atoms with Crippen molar-refractivity contribution in [2.75, 3.05) is 39.3 Å². The molecule has 0 bridgehead atoms. The van der Waals surface area contributed by atoms with Gasteiger partial charge in [0.25, 0.3) is 0 Å². The number of hydrogen-bond acceptors (Lipinski definition) is 3. The predicted octanol–water partition coefficient (Wildman–Crippen LogP) is -0.388. The van der Waals surface area contributed by atoms with E-state index in [-0.39, 0.29) is 23.4 Å². The van der Waals surface area contributed by atoms with Crippen molar-refractivity contribution >= 4 is 11.9 Å². The van der Waals surface area contributed by atoms with Crippen LogP contribution in [0.1, 0.15) is 19.8 Å². The number of nitrogens with one attached hydrogen (secondary N) is 2. The molecule has 6 nitrogen and oxygen atoms in total. The molecule has 2 atom stereocenters. The fourth-order valence-corrected chi connectivity index (χ4v) is 3.41. The summed E-state index contributed by atoms with van der Waals surface area (Å²) < 4.78 is 0. The predicted molar refractivity (Wildman–Crippen MR) is 70.7 cm³/mol. The Bertz CT molecular complexity index is 392. The van der Waals surface area contributed by atoms with E-state index in [9.17, 15) is 9.59 Å². The number of carbonyl (C=O) groups excluding carboxylic acids is 2. The summed E-state index contributed by atoms with van der Waals surface area (Å²) >= 11 is 0.